The highest BCUT2D eigenvalue weighted by Crippen LogP contribution is 2.24. The van der Waals surface area contributed by atoms with Gasteiger partial charge >= 0.3 is 0 Å². The Morgan fingerprint density at radius 3 is 2.45 bits per heavy atom. The van der Waals surface area contributed by atoms with Crippen LogP contribution < -0.4 is 0 Å². The molecule has 0 saturated carbocycles. The van der Waals surface area contributed by atoms with Gasteiger partial charge in [-0.05, 0) is 29.8 Å². The standard InChI is InChI=1S/C15H9ClN2O2/c16-14-7-5-11(6-8-14)13(10-17)9-12-3-1-2-4-15(12)18(19)20/h1-9H/b13-9+. The highest BCUT2D eigenvalue weighted by molar-refractivity contribution is 6.30. The van der Waals surface area contributed by atoms with Gasteiger partial charge in [-0.15, -0.1) is 0 Å². The molecule has 98 valence electrons. The van der Waals surface area contributed by atoms with Crippen LogP contribution in [0.3, 0.4) is 0 Å². The zero-order valence-electron chi connectivity index (χ0n) is 10.3. The number of halogens is 1. The fourth-order valence-electron chi connectivity index (χ4n) is 1.74. The number of para-hydroxylation sites is 1. The molecule has 0 aromatic heterocycles. The molecule has 0 amide bonds. The third-order valence-electron chi connectivity index (χ3n) is 2.71. The summed E-state index contributed by atoms with van der Waals surface area (Å²) in [5.41, 5.74) is 1.37. The van der Waals surface area contributed by atoms with Crippen molar-refractivity contribution in [2.45, 2.75) is 0 Å². The Morgan fingerprint density at radius 1 is 1.20 bits per heavy atom. The molecule has 0 aliphatic rings. The third kappa shape index (κ3) is 3.02. The Morgan fingerprint density at radius 2 is 1.85 bits per heavy atom. The summed E-state index contributed by atoms with van der Waals surface area (Å²) in [6, 6.07) is 15.1. The quantitative estimate of drug-likeness (QED) is 0.365. The van der Waals surface area contributed by atoms with Crippen LogP contribution in [0.15, 0.2) is 48.5 Å². The zero-order valence-corrected chi connectivity index (χ0v) is 11.0. The van der Waals surface area contributed by atoms with Crippen molar-refractivity contribution in [1.29, 1.82) is 5.26 Å². The first-order valence-corrected chi connectivity index (χ1v) is 6.11. The van der Waals surface area contributed by atoms with Crippen molar-refractivity contribution in [3.05, 3.63) is 74.8 Å². The van der Waals surface area contributed by atoms with E-state index in [4.69, 9.17) is 11.6 Å². The second-order valence-corrected chi connectivity index (χ2v) is 4.43. The van der Waals surface area contributed by atoms with Crippen molar-refractivity contribution in [2.24, 2.45) is 0 Å². The average molecular weight is 285 g/mol. The molecule has 0 aliphatic carbocycles. The van der Waals surface area contributed by atoms with Crippen LogP contribution in [0.5, 0.6) is 0 Å². The molecule has 0 aliphatic heterocycles. The lowest BCUT2D eigenvalue weighted by Crippen LogP contribution is -1.91. The number of rotatable bonds is 3. The van der Waals surface area contributed by atoms with Crippen molar-refractivity contribution in [1.82, 2.24) is 0 Å². The number of hydrogen-bond donors (Lipinski definition) is 0. The first-order valence-electron chi connectivity index (χ1n) is 5.73. The van der Waals surface area contributed by atoms with Crippen LogP contribution in [0.4, 0.5) is 5.69 Å². The second kappa shape index (κ2) is 6.00. The van der Waals surface area contributed by atoms with E-state index in [1.165, 1.54) is 12.1 Å². The van der Waals surface area contributed by atoms with Gasteiger partial charge in [0.2, 0.25) is 0 Å². The second-order valence-electron chi connectivity index (χ2n) is 3.99. The predicted octanol–water partition coefficient (Wildman–Crippen LogP) is 4.31. The van der Waals surface area contributed by atoms with E-state index >= 15 is 0 Å². The molecule has 2 aromatic carbocycles. The first-order chi connectivity index (χ1) is 9.61. The van der Waals surface area contributed by atoms with Crippen LogP contribution in [0.2, 0.25) is 5.02 Å². The summed E-state index contributed by atoms with van der Waals surface area (Å²) < 4.78 is 0. The summed E-state index contributed by atoms with van der Waals surface area (Å²) in [6.45, 7) is 0. The van der Waals surface area contributed by atoms with Crippen LogP contribution in [-0.4, -0.2) is 4.92 Å². The molecule has 0 fully saturated rings. The van der Waals surface area contributed by atoms with Gasteiger partial charge in [0.15, 0.2) is 0 Å². The van der Waals surface area contributed by atoms with E-state index in [9.17, 15) is 15.4 Å². The Hall–Kier alpha value is -2.64. The van der Waals surface area contributed by atoms with Crippen LogP contribution in [-0.2, 0) is 0 Å². The summed E-state index contributed by atoms with van der Waals surface area (Å²) in [6.07, 6.45) is 1.50. The van der Waals surface area contributed by atoms with Crippen molar-refractivity contribution in [3.63, 3.8) is 0 Å². The Bertz CT molecular complexity index is 715. The molecular weight excluding hydrogens is 276 g/mol. The van der Waals surface area contributed by atoms with Gasteiger partial charge in [-0.2, -0.15) is 5.26 Å². The van der Waals surface area contributed by atoms with E-state index in [1.54, 1.807) is 42.5 Å². The maximum atomic E-state index is 10.9. The summed E-state index contributed by atoms with van der Waals surface area (Å²) in [5.74, 6) is 0. The number of hydrogen-bond acceptors (Lipinski definition) is 3. The molecule has 0 radical (unpaired) electrons. The molecule has 0 bridgehead atoms. The summed E-state index contributed by atoms with van der Waals surface area (Å²) in [7, 11) is 0. The molecule has 0 unspecified atom stereocenters. The molecule has 4 nitrogen and oxygen atoms in total. The van der Waals surface area contributed by atoms with E-state index in [0.29, 0.717) is 21.7 Å². The molecule has 0 spiro atoms. The Balaban J connectivity index is 2.50. The fraction of sp³-hybridized carbons (Fsp3) is 0. The van der Waals surface area contributed by atoms with E-state index in [2.05, 4.69) is 0 Å². The number of nitro benzene ring substituents is 1. The van der Waals surface area contributed by atoms with Gasteiger partial charge in [-0.3, -0.25) is 10.1 Å². The third-order valence-corrected chi connectivity index (χ3v) is 2.96. The van der Waals surface area contributed by atoms with Gasteiger partial charge < -0.3 is 0 Å². The summed E-state index contributed by atoms with van der Waals surface area (Å²) in [5, 5.41) is 20.7. The van der Waals surface area contributed by atoms with Crippen LogP contribution in [0.1, 0.15) is 11.1 Å². The maximum absolute atomic E-state index is 10.9. The van der Waals surface area contributed by atoms with Crippen molar-refractivity contribution < 1.29 is 4.92 Å². The lowest BCUT2D eigenvalue weighted by atomic mass is 10.0. The predicted molar refractivity (Wildman–Crippen MR) is 78.0 cm³/mol. The lowest BCUT2D eigenvalue weighted by molar-refractivity contribution is -0.385. The molecule has 2 aromatic rings. The maximum Gasteiger partial charge on any atom is 0.276 e. The summed E-state index contributed by atoms with van der Waals surface area (Å²) in [4.78, 5) is 10.5. The number of nitriles is 1. The molecule has 0 heterocycles. The SMILES string of the molecule is N#C/C(=C\c1ccccc1[N+](=O)[O-])c1ccc(Cl)cc1. The minimum absolute atomic E-state index is 0.0331. The fourth-order valence-corrected chi connectivity index (χ4v) is 1.87. The van der Waals surface area contributed by atoms with E-state index in [1.807, 2.05) is 6.07 Å². The molecule has 2 rings (SSSR count). The summed E-state index contributed by atoms with van der Waals surface area (Å²) >= 11 is 5.79. The van der Waals surface area contributed by atoms with E-state index < -0.39 is 4.92 Å². The highest BCUT2D eigenvalue weighted by atomic mass is 35.5. The number of benzene rings is 2. The van der Waals surface area contributed by atoms with Gasteiger partial charge in [-0.25, -0.2) is 0 Å². The van der Waals surface area contributed by atoms with Gasteiger partial charge in [0, 0.05) is 11.1 Å². The monoisotopic (exact) mass is 284 g/mol. The Kier molecular flexibility index (Phi) is 4.14. The van der Waals surface area contributed by atoms with Gasteiger partial charge in [0.25, 0.3) is 5.69 Å². The topological polar surface area (TPSA) is 66.9 Å². The number of allylic oxidation sites excluding steroid dienone is 1. The molecule has 0 N–H and O–H groups in total. The van der Waals surface area contributed by atoms with Gasteiger partial charge in [-0.1, -0.05) is 35.9 Å². The zero-order chi connectivity index (χ0) is 14.5. The van der Waals surface area contributed by atoms with E-state index in [0.717, 1.165) is 0 Å². The smallest absolute Gasteiger partial charge is 0.258 e. The molecule has 20 heavy (non-hydrogen) atoms. The highest BCUT2D eigenvalue weighted by Gasteiger charge is 2.11. The van der Waals surface area contributed by atoms with Gasteiger partial charge in [0.1, 0.15) is 0 Å². The number of nitro groups is 1. The average Bonchev–Trinajstić information content (AvgIpc) is 2.46. The molecular formula is C15H9ClN2O2. The lowest BCUT2D eigenvalue weighted by Gasteiger charge is -2.01. The van der Waals surface area contributed by atoms with Crippen molar-refractivity contribution in [2.75, 3.05) is 0 Å². The van der Waals surface area contributed by atoms with Crippen LogP contribution in [0, 0.1) is 21.4 Å². The molecule has 5 heteroatoms. The minimum Gasteiger partial charge on any atom is -0.258 e. The van der Waals surface area contributed by atoms with Crippen molar-refractivity contribution in [3.8, 4) is 6.07 Å². The number of nitrogens with zero attached hydrogens (tertiary/aromatic N) is 2. The molecule has 0 saturated heterocycles. The minimum atomic E-state index is -0.470. The van der Waals surface area contributed by atoms with Gasteiger partial charge in [0.05, 0.1) is 22.1 Å². The van der Waals surface area contributed by atoms with Crippen LogP contribution >= 0.6 is 11.6 Å². The largest absolute Gasteiger partial charge is 0.276 e. The van der Waals surface area contributed by atoms with Crippen LogP contribution in [0.25, 0.3) is 11.6 Å². The van der Waals surface area contributed by atoms with E-state index in [-0.39, 0.29) is 5.69 Å². The normalized spacial score (nSPS) is 10.9. The van der Waals surface area contributed by atoms with Crippen molar-refractivity contribution >= 4 is 28.9 Å². The molecule has 0 atom stereocenters. The Labute approximate surface area is 120 Å². The first kappa shape index (κ1) is 13.8.